The second-order valence-corrected chi connectivity index (χ2v) is 5.42. The summed E-state index contributed by atoms with van der Waals surface area (Å²) in [6.45, 7) is 2.76. The van der Waals surface area contributed by atoms with Crippen LogP contribution < -0.4 is 4.90 Å². The van der Waals surface area contributed by atoms with Gasteiger partial charge in [-0.25, -0.2) is 0 Å². The average Bonchev–Trinajstić information content (AvgIpc) is 2.47. The van der Waals surface area contributed by atoms with E-state index in [0.29, 0.717) is 31.6 Å². The summed E-state index contributed by atoms with van der Waals surface area (Å²) in [5.41, 5.74) is -0.291. The Morgan fingerprint density at radius 3 is 2.57 bits per heavy atom. The van der Waals surface area contributed by atoms with E-state index in [-0.39, 0.29) is 11.3 Å². The van der Waals surface area contributed by atoms with Crippen LogP contribution in [0.2, 0.25) is 0 Å². The number of nitrogens with zero attached hydrogens (tertiary/aromatic N) is 3. The Labute approximate surface area is 121 Å². The highest BCUT2D eigenvalue weighted by molar-refractivity contribution is 5.74. The number of carboxylic acids is 1. The fourth-order valence-electron chi connectivity index (χ4n) is 2.43. The summed E-state index contributed by atoms with van der Waals surface area (Å²) in [5, 5.41) is 29.0. The molecule has 0 bridgehead atoms. The van der Waals surface area contributed by atoms with Gasteiger partial charge >= 0.3 is 5.97 Å². The molecule has 1 fully saturated rings. The number of nitro groups is 1. The first-order chi connectivity index (χ1) is 9.87. The Kier molecular flexibility index (Phi) is 3.80. The molecule has 1 aromatic carbocycles. The summed E-state index contributed by atoms with van der Waals surface area (Å²) in [4.78, 5) is 23.5. The zero-order valence-electron chi connectivity index (χ0n) is 11.6. The third-order valence-electron chi connectivity index (χ3n) is 4.05. The van der Waals surface area contributed by atoms with Crippen molar-refractivity contribution in [3.05, 3.63) is 33.9 Å². The molecule has 1 aliphatic heterocycles. The Morgan fingerprint density at radius 1 is 1.48 bits per heavy atom. The first-order valence-corrected chi connectivity index (χ1v) is 6.54. The monoisotopic (exact) mass is 289 g/mol. The standard InChI is InChI=1S/C14H15N3O4/c1-14(13(18)19)4-6-16(7-5-14)11-3-2-10(9-15)12(8-11)17(20)21/h2-3,8H,4-7H2,1H3,(H,18,19). The fourth-order valence-corrected chi connectivity index (χ4v) is 2.43. The van der Waals surface area contributed by atoms with E-state index in [2.05, 4.69) is 0 Å². The molecule has 0 unspecified atom stereocenters. The van der Waals surface area contributed by atoms with Crippen molar-refractivity contribution in [1.82, 2.24) is 0 Å². The second-order valence-electron chi connectivity index (χ2n) is 5.42. The molecule has 0 amide bonds. The van der Waals surface area contributed by atoms with Crippen LogP contribution in [0.5, 0.6) is 0 Å². The van der Waals surface area contributed by atoms with Crippen LogP contribution in [0.25, 0.3) is 0 Å². The van der Waals surface area contributed by atoms with E-state index < -0.39 is 16.3 Å². The van der Waals surface area contributed by atoms with E-state index in [1.807, 2.05) is 4.90 Å². The molecule has 1 saturated heterocycles. The van der Waals surface area contributed by atoms with E-state index in [9.17, 15) is 20.0 Å². The highest BCUT2D eigenvalue weighted by Gasteiger charge is 2.37. The van der Waals surface area contributed by atoms with Gasteiger partial charge in [-0.2, -0.15) is 5.26 Å². The molecule has 1 aromatic rings. The van der Waals surface area contributed by atoms with Gasteiger partial charge in [-0.05, 0) is 31.9 Å². The van der Waals surface area contributed by atoms with Crippen molar-refractivity contribution in [3.8, 4) is 6.07 Å². The number of hydrogen-bond acceptors (Lipinski definition) is 5. The number of hydrogen-bond donors (Lipinski definition) is 1. The summed E-state index contributed by atoms with van der Waals surface area (Å²) in [7, 11) is 0. The van der Waals surface area contributed by atoms with Gasteiger partial charge in [-0.15, -0.1) is 0 Å². The molecule has 1 N–H and O–H groups in total. The van der Waals surface area contributed by atoms with Crippen molar-refractivity contribution in [1.29, 1.82) is 5.26 Å². The molecule has 21 heavy (non-hydrogen) atoms. The van der Waals surface area contributed by atoms with Crippen molar-refractivity contribution in [2.45, 2.75) is 19.8 Å². The van der Waals surface area contributed by atoms with Gasteiger partial charge in [0.2, 0.25) is 0 Å². The van der Waals surface area contributed by atoms with E-state index >= 15 is 0 Å². The largest absolute Gasteiger partial charge is 0.481 e. The van der Waals surface area contributed by atoms with Crippen molar-refractivity contribution in [3.63, 3.8) is 0 Å². The van der Waals surface area contributed by atoms with E-state index in [0.717, 1.165) is 0 Å². The summed E-state index contributed by atoms with van der Waals surface area (Å²) in [6, 6.07) is 6.26. The number of nitro benzene ring substituents is 1. The van der Waals surface area contributed by atoms with Gasteiger partial charge in [0.25, 0.3) is 5.69 Å². The number of carbonyl (C=O) groups is 1. The van der Waals surface area contributed by atoms with Crippen LogP contribution in [-0.2, 0) is 4.79 Å². The first kappa shape index (κ1) is 14.8. The maximum Gasteiger partial charge on any atom is 0.309 e. The van der Waals surface area contributed by atoms with Gasteiger partial charge in [-0.3, -0.25) is 14.9 Å². The lowest BCUT2D eigenvalue weighted by atomic mass is 9.80. The van der Waals surface area contributed by atoms with Crippen LogP contribution in [-0.4, -0.2) is 29.1 Å². The molecule has 1 heterocycles. The lowest BCUT2D eigenvalue weighted by Gasteiger charge is -2.37. The Hall–Kier alpha value is -2.62. The number of carboxylic acid groups (broad SMARTS) is 1. The summed E-state index contributed by atoms with van der Waals surface area (Å²) in [5.74, 6) is -0.812. The number of piperidine rings is 1. The quantitative estimate of drug-likeness (QED) is 0.674. The smallest absolute Gasteiger partial charge is 0.309 e. The summed E-state index contributed by atoms with van der Waals surface area (Å²) < 4.78 is 0. The van der Waals surface area contributed by atoms with Gasteiger partial charge < -0.3 is 10.0 Å². The highest BCUT2D eigenvalue weighted by atomic mass is 16.6. The zero-order chi connectivity index (χ0) is 15.6. The SMILES string of the molecule is CC1(C(=O)O)CCN(c2ccc(C#N)c([N+](=O)[O-])c2)CC1. The van der Waals surface area contributed by atoms with Crippen LogP contribution in [0.4, 0.5) is 11.4 Å². The van der Waals surface area contributed by atoms with E-state index in [1.165, 1.54) is 12.1 Å². The molecule has 0 atom stereocenters. The fraction of sp³-hybridized carbons (Fsp3) is 0.429. The molecule has 0 aliphatic carbocycles. The first-order valence-electron chi connectivity index (χ1n) is 6.54. The molecular formula is C14H15N3O4. The molecule has 110 valence electrons. The molecule has 7 nitrogen and oxygen atoms in total. The predicted octanol–water partition coefficient (Wildman–Crippen LogP) is 2.16. The molecule has 1 aliphatic rings. The number of benzene rings is 1. The predicted molar refractivity (Wildman–Crippen MR) is 75.0 cm³/mol. The number of anilines is 1. The average molecular weight is 289 g/mol. The van der Waals surface area contributed by atoms with Crippen LogP contribution in [0, 0.1) is 26.9 Å². The van der Waals surface area contributed by atoms with Crippen LogP contribution in [0.1, 0.15) is 25.3 Å². The third-order valence-corrected chi connectivity index (χ3v) is 4.05. The van der Waals surface area contributed by atoms with Gasteiger partial charge in [0, 0.05) is 24.8 Å². The van der Waals surface area contributed by atoms with Crippen molar-refractivity contribution >= 4 is 17.3 Å². The minimum absolute atomic E-state index is 0.0242. The molecule has 0 radical (unpaired) electrons. The normalized spacial score (nSPS) is 17.0. The lowest BCUT2D eigenvalue weighted by molar-refractivity contribution is -0.385. The van der Waals surface area contributed by atoms with Crippen molar-refractivity contribution < 1.29 is 14.8 Å². The third kappa shape index (κ3) is 2.79. The number of nitriles is 1. The Morgan fingerprint density at radius 2 is 2.10 bits per heavy atom. The minimum Gasteiger partial charge on any atom is -0.481 e. The van der Waals surface area contributed by atoms with Gasteiger partial charge in [0.05, 0.1) is 10.3 Å². The van der Waals surface area contributed by atoms with Crippen molar-refractivity contribution in [2.24, 2.45) is 5.41 Å². The van der Waals surface area contributed by atoms with Gasteiger partial charge in [-0.1, -0.05) is 0 Å². The van der Waals surface area contributed by atoms with Crippen LogP contribution >= 0.6 is 0 Å². The van der Waals surface area contributed by atoms with Crippen LogP contribution in [0.3, 0.4) is 0 Å². The van der Waals surface area contributed by atoms with Gasteiger partial charge in [0.1, 0.15) is 11.6 Å². The molecule has 2 rings (SSSR count). The summed E-state index contributed by atoms with van der Waals surface area (Å²) >= 11 is 0. The molecule has 7 heteroatoms. The maximum absolute atomic E-state index is 11.2. The maximum atomic E-state index is 11.2. The number of aliphatic carboxylic acids is 1. The van der Waals surface area contributed by atoms with E-state index in [1.54, 1.807) is 19.1 Å². The van der Waals surface area contributed by atoms with Crippen LogP contribution in [0.15, 0.2) is 18.2 Å². The van der Waals surface area contributed by atoms with Crippen molar-refractivity contribution in [2.75, 3.05) is 18.0 Å². The van der Waals surface area contributed by atoms with E-state index in [4.69, 9.17) is 5.26 Å². The van der Waals surface area contributed by atoms with Gasteiger partial charge in [0.15, 0.2) is 0 Å². The molecule has 0 spiro atoms. The zero-order valence-corrected chi connectivity index (χ0v) is 11.6. The molecule has 0 saturated carbocycles. The Bertz CT molecular complexity index is 628. The second kappa shape index (κ2) is 5.40. The Balaban J connectivity index is 2.22. The minimum atomic E-state index is -0.812. The molecule has 0 aromatic heterocycles. The topological polar surface area (TPSA) is 107 Å². The summed E-state index contributed by atoms with van der Waals surface area (Å²) in [6.07, 6.45) is 0.965. The highest BCUT2D eigenvalue weighted by Crippen LogP contribution is 2.34. The molecular weight excluding hydrogens is 274 g/mol. The number of rotatable bonds is 3. The lowest BCUT2D eigenvalue weighted by Crippen LogP contribution is -2.42.